The first-order chi connectivity index (χ1) is 8.34. The van der Waals surface area contributed by atoms with E-state index in [4.69, 9.17) is 4.74 Å². The van der Waals surface area contributed by atoms with Gasteiger partial charge in [-0.25, -0.2) is 4.68 Å². The van der Waals surface area contributed by atoms with E-state index in [1.54, 1.807) is 0 Å². The van der Waals surface area contributed by atoms with Gasteiger partial charge in [-0.05, 0) is 61.0 Å². The van der Waals surface area contributed by atoms with Crippen LogP contribution in [0.3, 0.4) is 0 Å². The minimum Gasteiger partial charge on any atom is -0.486 e. The number of aromatic nitrogens is 2. The maximum Gasteiger partial charge on any atom is 0.172 e. The fourth-order valence-corrected chi connectivity index (χ4v) is 3.22. The fourth-order valence-electron chi connectivity index (χ4n) is 2.69. The SMILES string of the molecule is Brc1c(OC2CCCC2)cnn1C1CCCN1. The summed E-state index contributed by atoms with van der Waals surface area (Å²) in [5, 5.41) is 7.86. The smallest absolute Gasteiger partial charge is 0.172 e. The lowest BCUT2D eigenvalue weighted by atomic mass is 10.3. The first-order valence-electron chi connectivity index (χ1n) is 6.47. The number of hydrogen-bond acceptors (Lipinski definition) is 3. The Hall–Kier alpha value is -0.550. The van der Waals surface area contributed by atoms with Crippen molar-refractivity contribution in [2.24, 2.45) is 0 Å². The summed E-state index contributed by atoms with van der Waals surface area (Å²) in [6, 6.07) is 0. The van der Waals surface area contributed by atoms with E-state index in [1.165, 1.54) is 32.1 Å². The topological polar surface area (TPSA) is 39.1 Å². The van der Waals surface area contributed by atoms with Crippen molar-refractivity contribution in [2.45, 2.75) is 50.8 Å². The van der Waals surface area contributed by atoms with Crippen LogP contribution >= 0.6 is 15.9 Å². The Morgan fingerprint density at radius 1 is 1.29 bits per heavy atom. The molecule has 1 unspecified atom stereocenters. The zero-order valence-electron chi connectivity index (χ0n) is 9.86. The summed E-state index contributed by atoms with van der Waals surface area (Å²) in [6.07, 6.45) is 9.85. The van der Waals surface area contributed by atoms with E-state index >= 15 is 0 Å². The van der Waals surface area contributed by atoms with Crippen molar-refractivity contribution < 1.29 is 4.74 Å². The van der Waals surface area contributed by atoms with Gasteiger partial charge in [-0.3, -0.25) is 5.32 Å². The molecule has 5 heteroatoms. The Kier molecular flexibility index (Phi) is 3.38. The van der Waals surface area contributed by atoms with Crippen LogP contribution < -0.4 is 10.1 Å². The van der Waals surface area contributed by atoms with Gasteiger partial charge in [0.25, 0.3) is 0 Å². The molecule has 1 saturated carbocycles. The van der Waals surface area contributed by atoms with E-state index in [-0.39, 0.29) is 0 Å². The molecule has 1 saturated heterocycles. The normalized spacial score (nSPS) is 25.6. The van der Waals surface area contributed by atoms with Crippen LogP contribution in [-0.2, 0) is 0 Å². The summed E-state index contributed by atoms with van der Waals surface area (Å²) < 4.78 is 8.96. The lowest BCUT2D eigenvalue weighted by Gasteiger charge is -2.14. The van der Waals surface area contributed by atoms with E-state index in [9.17, 15) is 0 Å². The lowest BCUT2D eigenvalue weighted by Crippen LogP contribution is -2.21. The highest BCUT2D eigenvalue weighted by molar-refractivity contribution is 9.10. The van der Waals surface area contributed by atoms with Gasteiger partial charge in [0.15, 0.2) is 5.75 Å². The predicted octanol–water partition coefficient (Wildman–Crippen LogP) is 2.85. The van der Waals surface area contributed by atoms with Gasteiger partial charge in [0.05, 0.1) is 12.3 Å². The molecule has 3 rings (SSSR count). The largest absolute Gasteiger partial charge is 0.486 e. The van der Waals surface area contributed by atoms with Crippen molar-refractivity contribution in [1.29, 1.82) is 0 Å². The summed E-state index contributed by atoms with van der Waals surface area (Å²) >= 11 is 3.60. The molecule has 1 atom stereocenters. The highest BCUT2D eigenvalue weighted by Gasteiger charge is 2.23. The van der Waals surface area contributed by atoms with Crippen LogP contribution in [0, 0.1) is 0 Å². The number of halogens is 1. The van der Waals surface area contributed by atoms with Gasteiger partial charge in [-0.15, -0.1) is 0 Å². The van der Waals surface area contributed by atoms with Gasteiger partial charge >= 0.3 is 0 Å². The second-order valence-electron chi connectivity index (χ2n) is 4.88. The summed E-state index contributed by atoms with van der Waals surface area (Å²) in [6.45, 7) is 1.08. The monoisotopic (exact) mass is 299 g/mol. The van der Waals surface area contributed by atoms with Gasteiger partial charge in [0.2, 0.25) is 0 Å². The van der Waals surface area contributed by atoms with Crippen molar-refractivity contribution in [3.05, 3.63) is 10.8 Å². The third-order valence-electron chi connectivity index (χ3n) is 3.63. The molecule has 1 aliphatic heterocycles. The zero-order chi connectivity index (χ0) is 11.7. The van der Waals surface area contributed by atoms with Gasteiger partial charge < -0.3 is 4.74 Å². The number of hydrogen-bond donors (Lipinski definition) is 1. The van der Waals surface area contributed by atoms with Crippen LogP contribution in [0.5, 0.6) is 5.75 Å². The standard InChI is InChI=1S/C12H18BrN3O/c13-12-10(17-9-4-1-2-5-9)8-15-16(12)11-6-3-7-14-11/h8-9,11,14H,1-7H2. The Labute approximate surface area is 110 Å². The van der Waals surface area contributed by atoms with Crippen molar-refractivity contribution in [2.75, 3.05) is 6.54 Å². The minimum absolute atomic E-state index is 0.324. The maximum atomic E-state index is 5.99. The summed E-state index contributed by atoms with van der Waals surface area (Å²) in [4.78, 5) is 0. The van der Waals surface area contributed by atoms with Crippen LogP contribution in [0.4, 0.5) is 0 Å². The van der Waals surface area contributed by atoms with Gasteiger partial charge in [-0.1, -0.05) is 0 Å². The molecule has 1 aromatic heterocycles. The van der Waals surface area contributed by atoms with Gasteiger partial charge in [0, 0.05) is 0 Å². The molecule has 0 bridgehead atoms. The number of rotatable bonds is 3. The molecule has 17 heavy (non-hydrogen) atoms. The summed E-state index contributed by atoms with van der Waals surface area (Å²) in [5.41, 5.74) is 0. The Bertz CT molecular complexity index is 381. The molecule has 0 spiro atoms. The van der Waals surface area contributed by atoms with Crippen LogP contribution in [0.15, 0.2) is 10.8 Å². The van der Waals surface area contributed by atoms with E-state index in [0.29, 0.717) is 12.3 Å². The van der Waals surface area contributed by atoms with Crippen LogP contribution in [0.25, 0.3) is 0 Å². The molecule has 1 aromatic rings. The quantitative estimate of drug-likeness (QED) is 0.933. The van der Waals surface area contributed by atoms with Crippen LogP contribution in [-0.4, -0.2) is 22.4 Å². The molecular weight excluding hydrogens is 282 g/mol. The number of nitrogens with one attached hydrogen (secondary N) is 1. The maximum absolute atomic E-state index is 5.99. The zero-order valence-corrected chi connectivity index (χ0v) is 11.4. The highest BCUT2D eigenvalue weighted by atomic mass is 79.9. The molecule has 2 heterocycles. The molecule has 1 N–H and O–H groups in total. The van der Waals surface area contributed by atoms with Crippen molar-refractivity contribution in [3.8, 4) is 5.75 Å². The van der Waals surface area contributed by atoms with Crippen LogP contribution in [0.2, 0.25) is 0 Å². The number of ether oxygens (including phenoxy) is 1. The molecule has 2 fully saturated rings. The molecule has 0 aromatic carbocycles. The molecule has 4 nitrogen and oxygen atoms in total. The average Bonchev–Trinajstić information content (AvgIpc) is 3.03. The molecule has 1 aliphatic carbocycles. The Morgan fingerprint density at radius 2 is 2.12 bits per heavy atom. The highest BCUT2D eigenvalue weighted by Crippen LogP contribution is 2.32. The second kappa shape index (κ2) is 4.98. The summed E-state index contributed by atoms with van der Waals surface area (Å²) in [7, 11) is 0. The molecule has 0 amide bonds. The van der Waals surface area contributed by atoms with Gasteiger partial charge in [-0.2, -0.15) is 5.10 Å². The average molecular weight is 300 g/mol. The van der Waals surface area contributed by atoms with Crippen molar-refractivity contribution >= 4 is 15.9 Å². The third kappa shape index (κ3) is 2.36. The van der Waals surface area contributed by atoms with E-state index in [2.05, 4.69) is 26.3 Å². The van der Waals surface area contributed by atoms with Crippen LogP contribution in [0.1, 0.15) is 44.7 Å². The van der Waals surface area contributed by atoms with Crippen molar-refractivity contribution in [1.82, 2.24) is 15.1 Å². The van der Waals surface area contributed by atoms with E-state index in [0.717, 1.165) is 23.3 Å². The lowest BCUT2D eigenvalue weighted by molar-refractivity contribution is 0.207. The number of nitrogens with zero attached hydrogens (tertiary/aromatic N) is 2. The first-order valence-corrected chi connectivity index (χ1v) is 7.27. The fraction of sp³-hybridized carbons (Fsp3) is 0.750. The third-order valence-corrected chi connectivity index (χ3v) is 4.38. The molecular formula is C12H18BrN3O. The van der Waals surface area contributed by atoms with E-state index in [1.807, 2.05) is 10.9 Å². The Balaban J connectivity index is 1.72. The van der Waals surface area contributed by atoms with Gasteiger partial charge in [0.1, 0.15) is 10.8 Å². The molecule has 94 valence electrons. The minimum atomic E-state index is 0.324. The molecule has 2 aliphatic rings. The second-order valence-corrected chi connectivity index (χ2v) is 5.63. The van der Waals surface area contributed by atoms with E-state index < -0.39 is 0 Å². The van der Waals surface area contributed by atoms with Crippen molar-refractivity contribution in [3.63, 3.8) is 0 Å². The molecule has 0 radical (unpaired) electrons. The first kappa shape index (κ1) is 11.5. The predicted molar refractivity (Wildman–Crippen MR) is 69.1 cm³/mol. The summed E-state index contributed by atoms with van der Waals surface area (Å²) in [5.74, 6) is 0.894. The Morgan fingerprint density at radius 3 is 2.82 bits per heavy atom.